The van der Waals surface area contributed by atoms with Gasteiger partial charge in [-0.2, -0.15) is 5.26 Å². The van der Waals surface area contributed by atoms with Gasteiger partial charge >= 0.3 is 5.69 Å². The molecule has 0 fully saturated rings. The molecule has 26 heavy (non-hydrogen) atoms. The number of rotatable bonds is 6. The number of aromatic nitrogens is 4. The minimum Gasteiger partial charge on any atom is -0.497 e. The third kappa shape index (κ3) is 2.99. The Hall–Kier alpha value is -3.34. The van der Waals surface area contributed by atoms with Gasteiger partial charge in [0, 0.05) is 13.1 Å². The molecule has 0 aliphatic heterocycles. The number of nitrogens with zero attached hydrogens (tertiary/aromatic N) is 5. The molecule has 0 aliphatic carbocycles. The lowest BCUT2D eigenvalue weighted by Crippen LogP contribution is -2.40. The molecule has 0 spiro atoms. The minimum absolute atomic E-state index is 0.287. The van der Waals surface area contributed by atoms with Crippen molar-refractivity contribution in [2.45, 2.75) is 33.0 Å². The Kier molecular flexibility index (Phi) is 4.89. The summed E-state index contributed by atoms with van der Waals surface area (Å²) >= 11 is 0. The van der Waals surface area contributed by atoms with Gasteiger partial charge in [-0.3, -0.25) is 9.36 Å². The third-order valence-corrected chi connectivity index (χ3v) is 4.17. The number of fused-ring (bicyclic) bond motifs is 1. The van der Waals surface area contributed by atoms with Gasteiger partial charge < -0.3 is 9.30 Å². The van der Waals surface area contributed by atoms with Crippen molar-refractivity contribution in [3.05, 3.63) is 57.0 Å². The maximum Gasteiger partial charge on any atom is 0.333 e. The van der Waals surface area contributed by atoms with Gasteiger partial charge in [0.25, 0.3) is 5.56 Å². The Morgan fingerprint density at radius 2 is 1.92 bits per heavy atom. The number of nitriles is 1. The normalized spacial score (nSPS) is 10.8. The van der Waals surface area contributed by atoms with E-state index in [1.165, 1.54) is 4.57 Å². The van der Waals surface area contributed by atoms with Crippen LogP contribution in [-0.4, -0.2) is 25.8 Å². The second-order valence-electron chi connectivity index (χ2n) is 5.88. The Morgan fingerprint density at radius 1 is 1.19 bits per heavy atom. The SMILES string of the molecule is CCCn1c(=O)n(CC#N)c(=O)c2c1ncn2Cc1ccc(OC)cc1. The molecule has 0 unspecified atom stereocenters. The monoisotopic (exact) mass is 353 g/mol. The zero-order valence-electron chi connectivity index (χ0n) is 14.7. The molecule has 3 aromatic rings. The summed E-state index contributed by atoms with van der Waals surface area (Å²) in [6.07, 6.45) is 2.27. The van der Waals surface area contributed by atoms with Gasteiger partial charge in [0.05, 0.1) is 19.5 Å². The van der Waals surface area contributed by atoms with Gasteiger partial charge in [0.15, 0.2) is 11.2 Å². The van der Waals surface area contributed by atoms with Crippen LogP contribution in [0.2, 0.25) is 0 Å². The van der Waals surface area contributed by atoms with Crippen molar-refractivity contribution in [2.75, 3.05) is 7.11 Å². The summed E-state index contributed by atoms with van der Waals surface area (Å²) in [4.78, 5) is 29.6. The van der Waals surface area contributed by atoms with Crippen LogP contribution in [0.5, 0.6) is 5.75 Å². The van der Waals surface area contributed by atoms with Gasteiger partial charge in [0.2, 0.25) is 0 Å². The molecule has 0 saturated carbocycles. The van der Waals surface area contributed by atoms with Crippen molar-refractivity contribution in [2.24, 2.45) is 0 Å². The van der Waals surface area contributed by atoms with Gasteiger partial charge in [0.1, 0.15) is 12.3 Å². The molecule has 0 atom stereocenters. The fourth-order valence-electron chi connectivity index (χ4n) is 2.92. The van der Waals surface area contributed by atoms with Crippen molar-refractivity contribution in [3.63, 3.8) is 0 Å². The summed E-state index contributed by atoms with van der Waals surface area (Å²) in [5.41, 5.74) is 0.642. The molecule has 0 bridgehead atoms. The largest absolute Gasteiger partial charge is 0.497 e. The van der Waals surface area contributed by atoms with E-state index in [-0.39, 0.29) is 6.54 Å². The van der Waals surface area contributed by atoms with Crippen LogP contribution in [0.25, 0.3) is 11.2 Å². The van der Waals surface area contributed by atoms with Crippen molar-refractivity contribution < 1.29 is 4.74 Å². The number of aryl methyl sites for hydroxylation is 1. The Bertz CT molecular complexity index is 1080. The lowest BCUT2D eigenvalue weighted by atomic mass is 10.2. The second-order valence-corrected chi connectivity index (χ2v) is 5.88. The molecular formula is C18H19N5O3. The molecule has 2 aromatic heterocycles. The highest BCUT2D eigenvalue weighted by atomic mass is 16.5. The number of methoxy groups -OCH3 is 1. The van der Waals surface area contributed by atoms with E-state index in [9.17, 15) is 9.59 Å². The standard InChI is InChI=1S/C18H19N5O3/c1-3-9-22-16-15(17(24)23(10-8-19)18(22)25)21(12-20-16)11-13-4-6-14(26-2)7-5-13/h4-7,12H,3,9-11H2,1-2H3. The number of imidazole rings is 1. The highest BCUT2D eigenvalue weighted by Crippen LogP contribution is 2.14. The van der Waals surface area contributed by atoms with Crippen molar-refractivity contribution >= 4 is 11.2 Å². The number of hydrogen-bond acceptors (Lipinski definition) is 5. The molecule has 8 heteroatoms. The molecule has 0 N–H and O–H groups in total. The van der Waals surface area contributed by atoms with Crippen LogP contribution in [0, 0.1) is 11.3 Å². The number of hydrogen-bond donors (Lipinski definition) is 0. The van der Waals surface area contributed by atoms with E-state index in [0.29, 0.717) is 30.7 Å². The van der Waals surface area contributed by atoms with Gasteiger partial charge in [-0.25, -0.2) is 14.3 Å². The van der Waals surface area contributed by atoms with Crippen LogP contribution in [0.4, 0.5) is 0 Å². The predicted molar refractivity (Wildman–Crippen MR) is 96.3 cm³/mol. The summed E-state index contributed by atoms with van der Waals surface area (Å²) in [5.74, 6) is 0.748. The molecule has 0 amide bonds. The molecule has 134 valence electrons. The van der Waals surface area contributed by atoms with Crippen LogP contribution in [0.1, 0.15) is 18.9 Å². The highest BCUT2D eigenvalue weighted by Gasteiger charge is 2.17. The first-order valence-corrected chi connectivity index (χ1v) is 8.29. The molecule has 2 heterocycles. The van der Waals surface area contributed by atoms with E-state index in [4.69, 9.17) is 10.00 Å². The zero-order valence-corrected chi connectivity index (χ0v) is 14.7. The maximum atomic E-state index is 12.8. The van der Waals surface area contributed by atoms with Crippen LogP contribution in [-0.2, 0) is 19.6 Å². The van der Waals surface area contributed by atoms with Crippen molar-refractivity contribution in [1.82, 2.24) is 18.7 Å². The fourth-order valence-corrected chi connectivity index (χ4v) is 2.92. The van der Waals surface area contributed by atoms with E-state index in [2.05, 4.69) is 4.98 Å². The summed E-state index contributed by atoms with van der Waals surface area (Å²) in [7, 11) is 1.60. The molecule has 0 radical (unpaired) electrons. The first kappa shape index (κ1) is 17.5. The molecule has 0 aliphatic rings. The van der Waals surface area contributed by atoms with Gasteiger partial charge in [-0.15, -0.1) is 0 Å². The predicted octanol–water partition coefficient (Wildman–Crippen LogP) is 1.35. The van der Waals surface area contributed by atoms with E-state index in [0.717, 1.165) is 15.9 Å². The van der Waals surface area contributed by atoms with Gasteiger partial charge in [-0.05, 0) is 24.1 Å². The Balaban J connectivity index is 2.16. The number of ether oxygens (including phenoxy) is 1. The molecule has 8 nitrogen and oxygen atoms in total. The zero-order chi connectivity index (χ0) is 18.7. The lowest BCUT2D eigenvalue weighted by Gasteiger charge is -2.10. The second kappa shape index (κ2) is 7.27. The summed E-state index contributed by atoms with van der Waals surface area (Å²) < 4.78 is 9.28. The minimum atomic E-state index is -0.499. The Labute approximate surface area is 149 Å². The summed E-state index contributed by atoms with van der Waals surface area (Å²) in [6.45, 7) is 2.50. The third-order valence-electron chi connectivity index (χ3n) is 4.17. The van der Waals surface area contributed by atoms with Crippen LogP contribution in [0.3, 0.4) is 0 Å². The van der Waals surface area contributed by atoms with Crippen molar-refractivity contribution in [1.29, 1.82) is 5.26 Å². The molecule has 1 aromatic carbocycles. The van der Waals surface area contributed by atoms with E-state index in [1.807, 2.05) is 37.3 Å². The molecule has 3 rings (SSSR count). The van der Waals surface area contributed by atoms with E-state index >= 15 is 0 Å². The van der Waals surface area contributed by atoms with E-state index < -0.39 is 11.2 Å². The summed E-state index contributed by atoms with van der Waals surface area (Å²) in [5, 5.41) is 8.97. The topological polar surface area (TPSA) is 94.8 Å². The quantitative estimate of drug-likeness (QED) is 0.667. The van der Waals surface area contributed by atoms with Crippen LogP contribution in [0.15, 0.2) is 40.2 Å². The molecule has 0 saturated heterocycles. The van der Waals surface area contributed by atoms with Gasteiger partial charge in [-0.1, -0.05) is 19.1 Å². The lowest BCUT2D eigenvalue weighted by molar-refractivity contribution is 0.414. The summed E-state index contributed by atoms with van der Waals surface area (Å²) in [6, 6.07) is 9.37. The van der Waals surface area contributed by atoms with Crippen LogP contribution < -0.4 is 16.0 Å². The Morgan fingerprint density at radius 3 is 2.54 bits per heavy atom. The smallest absolute Gasteiger partial charge is 0.333 e. The van der Waals surface area contributed by atoms with Crippen molar-refractivity contribution in [3.8, 4) is 11.8 Å². The maximum absolute atomic E-state index is 12.8. The first-order valence-electron chi connectivity index (χ1n) is 8.29. The van der Waals surface area contributed by atoms with E-state index in [1.54, 1.807) is 18.0 Å². The number of benzene rings is 1. The molecular weight excluding hydrogens is 334 g/mol. The first-order chi connectivity index (χ1) is 12.6. The van der Waals surface area contributed by atoms with Crippen LogP contribution >= 0.6 is 0 Å². The average molecular weight is 353 g/mol. The fraction of sp³-hybridized carbons (Fsp3) is 0.333. The average Bonchev–Trinajstić information content (AvgIpc) is 3.06. The highest BCUT2D eigenvalue weighted by molar-refractivity contribution is 5.70.